The molecular weight excluding hydrogens is 320 g/mol. The minimum atomic E-state index is 0.273. The van der Waals surface area contributed by atoms with E-state index in [0.29, 0.717) is 5.56 Å². The van der Waals surface area contributed by atoms with Crippen LogP contribution in [-0.2, 0) is 6.42 Å². The number of anilines is 2. The van der Waals surface area contributed by atoms with Gasteiger partial charge in [0, 0.05) is 30.9 Å². The third-order valence-corrected chi connectivity index (χ3v) is 4.51. The van der Waals surface area contributed by atoms with Crippen molar-refractivity contribution in [2.45, 2.75) is 13.3 Å². The Morgan fingerprint density at radius 2 is 1.65 bits per heavy atom. The number of rotatable bonds is 4. The van der Waals surface area contributed by atoms with Gasteiger partial charge in [-0.25, -0.2) is 4.98 Å². The molecule has 0 saturated heterocycles. The summed E-state index contributed by atoms with van der Waals surface area (Å²) in [5.74, 6) is 0.273. The maximum atomic E-state index is 9.71. The molecule has 0 radical (unpaired) electrons. The number of nitrogens with zero attached hydrogens (tertiary/aromatic N) is 3. The van der Waals surface area contributed by atoms with Crippen LogP contribution in [0.4, 0.5) is 11.5 Å². The molecule has 1 heterocycles. The van der Waals surface area contributed by atoms with E-state index in [-0.39, 0.29) is 5.82 Å². The zero-order chi connectivity index (χ0) is 18.7. The largest absolute Gasteiger partial charge is 0.383 e. The first kappa shape index (κ1) is 17.5. The van der Waals surface area contributed by atoms with Gasteiger partial charge < -0.3 is 10.6 Å². The van der Waals surface area contributed by atoms with E-state index in [0.717, 1.165) is 40.1 Å². The van der Waals surface area contributed by atoms with Gasteiger partial charge in [-0.05, 0) is 29.7 Å². The zero-order valence-electron chi connectivity index (χ0n) is 15.3. The molecule has 130 valence electrons. The summed E-state index contributed by atoms with van der Waals surface area (Å²) in [6, 6.07) is 20.4. The Balaban J connectivity index is 2.29. The molecule has 2 N–H and O–H groups in total. The molecule has 0 unspecified atom stereocenters. The van der Waals surface area contributed by atoms with E-state index in [1.807, 2.05) is 61.5 Å². The first-order chi connectivity index (χ1) is 12.6. The molecule has 3 rings (SSSR count). The van der Waals surface area contributed by atoms with Crippen LogP contribution < -0.4 is 10.6 Å². The minimum absolute atomic E-state index is 0.273. The van der Waals surface area contributed by atoms with Crippen molar-refractivity contribution in [3.05, 3.63) is 65.7 Å². The highest BCUT2D eigenvalue weighted by atomic mass is 15.1. The van der Waals surface area contributed by atoms with Gasteiger partial charge in [0.1, 0.15) is 17.5 Å². The highest BCUT2D eigenvalue weighted by Gasteiger charge is 2.19. The zero-order valence-corrected chi connectivity index (χ0v) is 15.3. The summed E-state index contributed by atoms with van der Waals surface area (Å²) in [6.07, 6.45) is 0.761. The molecule has 0 amide bonds. The Morgan fingerprint density at radius 3 is 2.19 bits per heavy atom. The molecule has 26 heavy (non-hydrogen) atoms. The second-order valence-electron chi connectivity index (χ2n) is 6.35. The molecule has 4 heteroatoms. The summed E-state index contributed by atoms with van der Waals surface area (Å²) in [5.41, 5.74) is 12.5. The van der Waals surface area contributed by atoms with Crippen molar-refractivity contribution in [2.75, 3.05) is 24.7 Å². The van der Waals surface area contributed by atoms with Crippen LogP contribution in [0.5, 0.6) is 0 Å². The lowest BCUT2D eigenvalue weighted by molar-refractivity contribution is 1.11. The van der Waals surface area contributed by atoms with Crippen LogP contribution in [0.1, 0.15) is 18.1 Å². The molecule has 0 atom stereocenters. The van der Waals surface area contributed by atoms with E-state index >= 15 is 0 Å². The summed E-state index contributed by atoms with van der Waals surface area (Å²) in [5, 5.41) is 9.71. The van der Waals surface area contributed by atoms with Gasteiger partial charge in [-0.15, -0.1) is 0 Å². The second-order valence-corrected chi connectivity index (χ2v) is 6.35. The van der Waals surface area contributed by atoms with Gasteiger partial charge >= 0.3 is 0 Å². The van der Waals surface area contributed by atoms with Gasteiger partial charge in [-0.1, -0.05) is 49.4 Å². The van der Waals surface area contributed by atoms with E-state index < -0.39 is 0 Å². The predicted octanol–water partition coefficient (Wildman–Crippen LogP) is 4.50. The number of nitrogens with two attached hydrogens (primary N) is 1. The Kier molecular flexibility index (Phi) is 4.90. The summed E-state index contributed by atoms with van der Waals surface area (Å²) in [4.78, 5) is 6.61. The second kappa shape index (κ2) is 7.28. The summed E-state index contributed by atoms with van der Waals surface area (Å²) >= 11 is 0. The fourth-order valence-corrected chi connectivity index (χ4v) is 3.18. The number of aromatic nitrogens is 1. The lowest BCUT2D eigenvalue weighted by Crippen LogP contribution is -2.08. The Labute approximate surface area is 154 Å². The van der Waals surface area contributed by atoms with Crippen molar-refractivity contribution in [3.8, 4) is 28.5 Å². The Bertz CT molecular complexity index is 952. The maximum Gasteiger partial charge on any atom is 0.142 e. The van der Waals surface area contributed by atoms with Crippen LogP contribution >= 0.6 is 0 Å². The molecule has 2 aromatic carbocycles. The third kappa shape index (κ3) is 3.12. The third-order valence-electron chi connectivity index (χ3n) is 4.51. The topological polar surface area (TPSA) is 65.9 Å². The molecule has 4 nitrogen and oxygen atoms in total. The average molecular weight is 342 g/mol. The molecule has 3 aromatic rings. The summed E-state index contributed by atoms with van der Waals surface area (Å²) in [7, 11) is 4.01. The van der Waals surface area contributed by atoms with Gasteiger partial charge in [-0.2, -0.15) is 5.26 Å². The molecule has 0 aliphatic heterocycles. The number of hydrogen-bond donors (Lipinski definition) is 1. The van der Waals surface area contributed by atoms with Crippen molar-refractivity contribution >= 4 is 11.5 Å². The van der Waals surface area contributed by atoms with Crippen LogP contribution in [0, 0.1) is 11.3 Å². The molecule has 0 spiro atoms. The monoisotopic (exact) mass is 342 g/mol. The van der Waals surface area contributed by atoms with Crippen LogP contribution in [-0.4, -0.2) is 19.1 Å². The number of nitriles is 1. The van der Waals surface area contributed by atoms with Crippen molar-refractivity contribution in [1.29, 1.82) is 5.26 Å². The lowest BCUT2D eigenvalue weighted by atomic mass is 9.90. The van der Waals surface area contributed by atoms with E-state index in [2.05, 4.69) is 30.1 Å². The Hall–Kier alpha value is -3.32. The van der Waals surface area contributed by atoms with Crippen molar-refractivity contribution in [2.24, 2.45) is 0 Å². The average Bonchev–Trinajstić information content (AvgIpc) is 2.67. The van der Waals surface area contributed by atoms with Crippen molar-refractivity contribution in [3.63, 3.8) is 0 Å². The number of hydrogen-bond acceptors (Lipinski definition) is 4. The fraction of sp³-hybridized carbons (Fsp3) is 0.182. The molecule has 0 bridgehead atoms. The maximum absolute atomic E-state index is 9.71. The van der Waals surface area contributed by atoms with E-state index in [4.69, 9.17) is 5.73 Å². The van der Waals surface area contributed by atoms with E-state index in [1.54, 1.807) is 0 Å². The van der Waals surface area contributed by atoms with Crippen molar-refractivity contribution < 1.29 is 0 Å². The SMILES string of the molecule is CCc1c(-c2ccccc2)nc(N)c(C#N)c1-c1ccc(N(C)C)cc1. The predicted molar refractivity (Wildman–Crippen MR) is 108 cm³/mol. The van der Waals surface area contributed by atoms with E-state index in [1.165, 1.54) is 0 Å². The molecule has 1 aromatic heterocycles. The highest BCUT2D eigenvalue weighted by Crippen LogP contribution is 2.37. The first-order valence-electron chi connectivity index (χ1n) is 8.62. The fourth-order valence-electron chi connectivity index (χ4n) is 3.18. The normalized spacial score (nSPS) is 10.4. The van der Waals surface area contributed by atoms with Crippen LogP contribution in [0.2, 0.25) is 0 Å². The number of nitrogen functional groups attached to an aromatic ring is 1. The van der Waals surface area contributed by atoms with Gasteiger partial charge in [0.05, 0.1) is 5.69 Å². The number of pyridine rings is 1. The summed E-state index contributed by atoms with van der Waals surface area (Å²) < 4.78 is 0. The molecule has 0 fully saturated rings. The molecule has 0 aliphatic rings. The van der Waals surface area contributed by atoms with Gasteiger partial charge in [0.15, 0.2) is 0 Å². The van der Waals surface area contributed by atoms with Gasteiger partial charge in [-0.3, -0.25) is 0 Å². The highest BCUT2D eigenvalue weighted by molar-refractivity contribution is 5.85. The van der Waals surface area contributed by atoms with Crippen molar-refractivity contribution in [1.82, 2.24) is 4.98 Å². The van der Waals surface area contributed by atoms with E-state index in [9.17, 15) is 5.26 Å². The molecule has 0 aliphatic carbocycles. The Morgan fingerprint density at radius 1 is 1.00 bits per heavy atom. The molecular formula is C22H22N4. The number of benzene rings is 2. The first-order valence-corrected chi connectivity index (χ1v) is 8.62. The minimum Gasteiger partial charge on any atom is -0.383 e. The standard InChI is InChI=1S/C22H22N4/c1-4-18-20(15-10-12-17(13-11-15)26(2)3)19(14-23)22(24)25-21(18)16-8-6-5-7-9-16/h5-13H,4H2,1-3H3,(H2,24,25). The lowest BCUT2D eigenvalue weighted by Gasteiger charge is -2.18. The molecule has 0 saturated carbocycles. The van der Waals surface area contributed by atoms with Gasteiger partial charge in [0.25, 0.3) is 0 Å². The van der Waals surface area contributed by atoms with Gasteiger partial charge in [0.2, 0.25) is 0 Å². The smallest absolute Gasteiger partial charge is 0.142 e. The van der Waals surface area contributed by atoms with Crippen LogP contribution in [0.15, 0.2) is 54.6 Å². The van der Waals surface area contributed by atoms with Crippen LogP contribution in [0.3, 0.4) is 0 Å². The summed E-state index contributed by atoms with van der Waals surface area (Å²) in [6.45, 7) is 2.08. The van der Waals surface area contributed by atoms with Crippen LogP contribution in [0.25, 0.3) is 22.4 Å². The quantitative estimate of drug-likeness (QED) is 0.758.